The molecule has 1 heterocycles. The molecule has 1 aromatic carbocycles. The summed E-state index contributed by atoms with van der Waals surface area (Å²) >= 11 is 1.67. The number of hydrogen-bond donors (Lipinski definition) is 1. The SMILES string of the molecule is CC(=O)NCc1ccc(C(=O)N(C)Cc2sccc2C)cc1. The smallest absolute Gasteiger partial charge is 0.253 e. The standard InChI is InChI=1S/C17H20N2O2S/c1-12-8-9-22-16(12)11-19(3)17(21)15-6-4-14(5-7-15)10-18-13(2)20/h4-9H,10-11H2,1-3H3,(H,18,20). The summed E-state index contributed by atoms with van der Waals surface area (Å²) in [6.07, 6.45) is 0. The van der Waals surface area contributed by atoms with Crippen molar-refractivity contribution in [1.29, 1.82) is 0 Å². The van der Waals surface area contributed by atoms with Gasteiger partial charge in [0.15, 0.2) is 0 Å². The Morgan fingerprint density at radius 1 is 1.18 bits per heavy atom. The minimum absolute atomic E-state index is 0.00104. The molecule has 0 saturated heterocycles. The highest BCUT2D eigenvalue weighted by Gasteiger charge is 2.13. The van der Waals surface area contributed by atoms with Gasteiger partial charge in [0.05, 0.1) is 6.54 Å². The van der Waals surface area contributed by atoms with Gasteiger partial charge in [-0.15, -0.1) is 11.3 Å². The van der Waals surface area contributed by atoms with Gasteiger partial charge in [-0.05, 0) is 41.6 Å². The second-order valence-electron chi connectivity index (χ2n) is 5.29. The first-order valence-corrected chi connectivity index (χ1v) is 7.97. The predicted molar refractivity (Wildman–Crippen MR) is 88.8 cm³/mol. The van der Waals surface area contributed by atoms with Crippen LogP contribution in [0.2, 0.25) is 0 Å². The van der Waals surface area contributed by atoms with Crippen LogP contribution in [0.5, 0.6) is 0 Å². The Hall–Kier alpha value is -2.14. The van der Waals surface area contributed by atoms with Crippen LogP contribution in [-0.4, -0.2) is 23.8 Å². The maximum absolute atomic E-state index is 12.4. The summed E-state index contributed by atoms with van der Waals surface area (Å²) in [4.78, 5) is 26.2. The summed E-state index contributed by atoms with van der Waals surface area (Å²) in [5.41, 5.74) is 2.85. The van der Waals surface area contributed by atoms with Crippen LogP contribution in [0, 0.1) is 6.92 Å². The summed E-state index contributed by atoms with van der Waals surface area (Å²) in [5.74, 6) is -0.0647. The van der Waals surface area contributed by atoms with Gasteiger partial charge in [0.1, 0.15) is 0 Å². The van der Waals surface area contributed by atoms with Gasteiger partial charge in [-0.1, -0.05) is 12.1 Å². The van der Waals surface area contributed by atoms with Crippen molar-refractivity contribution < 1.29 is 9.59 Å². The highest BCUT2D eigenvalue weighted by Crippen LogP contribution is 2.18. The van der Waals surface area contributed by atoms with E-state index in [4.69, 9.17) is 0 Å². The molecule has 0 fully saturated rings. The molecule has 1 aromatic heterocycles. The van der Waals surface area contributed by atoms with Gasteiger partial charge < -0.3 is 10.2 Å². The van der Waals surface area contributed by atoms with Crippen molar-refractivity contribution in [1.82, 2.24) is 10.2 Å². The van der Waals surface area contributed by atoms with E-state index < -0.39 is 0 Å². The second-order valence-corrected chi connectivity index (χ2v) is 6.30. The van der Waals surface area contributed by atoms with Crippen molar-refractivity contribution in [2.75, 3.05) is 7.05 Å². The minimum Gasteiger partial charge on any atom is -0.352 e. The fourth-order valence-corrected chi connectivity index (χ4v) is 3.02. The zero-order valence-electron chi connectivity index (χ0n) is 13.1. The largest absolute Gasteiger partial charge is 0.352 e. The third-order valence-electron chi connectivity index (χ3n) is 3.44. The van der Waals surface area contributed by atoms with Crippen LogP contribution < -0.4 is 5.32 Å². The number of amides is 2. The first-order valence-electron chi connectivity index (χ1n) is 7.09. The Bertz CT molecular complexity index is 662. The molecular weight excluding hydrogens is 296 g/mol. The fourth-order valence-electron chi connectivity index (χ4n) is 2.07. The number of benzene rings is 1. The molecule has 0 unspecified atom stereocenters. The average molecular weight is 316 g/mol. The van der Waals surface area contributed by atoms with Gasteiger partial charge in [0, 0.05) is 31.0 Å². The van der Waals surface area contributed by atoms with E-state index in [0.717, 1.165) is 5.56 Å². The zero-order chi connectivity index (χ0) is 16.1. The summed E-state index contributed by atoms with van der Waals surface area (Å²) in [7, 11) is 1.81. The molecule has 0 aliphatic carbocycles. The van der Waals surface area contributed by atoms with E-state index in [1.807, 2.05) is 24.6 Å². The minimum atomic E-state index is -0.0637. The molecule has 2 amide bonds. The molecule has 5 heteroatoms. The molecule has 0 aliphatic heterocycles. The van der Waals surface area contributed by atoms with Crippen LogP contribution in [0.25, 0.3) is 0 Å². The summed E-state index contributed by atoms with van der Waals surface area (Å²) in [6, 6.07) is 9.41. The van der Waals surface area contributed by atoms with E-state index in [1.165, 1.54) is 17.4 Å². The Morgan fingerprint density at radius 3 is 2.41 bits per heavy atom. The molecule has 0 bridgehead atoms. The lowest BCUT2D eigenvalue weighted by Gasteiger charge is -2.17. The fraction of sp³-hybridized carbons (Fsp3) is 0.294. The van der Waals surface area contributed by atoms with Crippen molar-refractivity contribution in [3.63, 3.8) is 0 Å². The highest BCUT2D eigenvalue weighted by atomic mass is 32.1. The number of nitrogens with one attached hydrogen (secondary N) is 1. The Kier molecular flexibility index (Phi) is 5.33. The van der Waals surface area contributed by atoms with Gasteiger partial charge >= 0.3 is 0 Å². The number of hydrogen-bond acceptors (Lipinski definition) is 3. The molecule has 2 rings (SSSR count). The average Bonchev–Trinajstić information content (AvgIpc) is 2.90. The van der Waals surface area contributed by atoms with Crippen LogP contribution in [0.4, 0.5) is 0 Å². The lowest BCUT2D eigenvalue weighted by atomic mass is 10.1. The first kappa shape index (κ1) is 16.2. The van der Waals surface area contributed by atoms with E-state index in [9.17, 15) is 9.59 Å². The van der Waals surface area contributed by atoms with Crippen LogP contribution in [-0.2, 0) is 17.9 Å². The van der Waals surface area contributed by atoms with Gasteiger partial charge in [0.25, 0.3) is 5.91 Å². The number of aryl methyl sites for hydroxylation is 1. The van der Waals surface area contributed by atoms with E-state index >= 15 is 0 Å². The summed E-state index contributed by atoms with van der Waals surface area (Å²) in [5, 5.41) is 4.78. The van der Waals surface area contributed by atoms with E-state index in [-0.39, 0.29) is 11.8 Å². The lowest BCUT2D eigenvalue weighted by molar-refractivity contribution is -0.119. The van der Waals surface area contributed by atoms with E-state index in [1.54, 1.807) is 28.4 Å². The molecule has 0 aliphatic rings. The third kappa shape index (κ3) is 4.18. The topological polar surface area (TPSA) is 49.4 Å². The molecule has 1 N–H and O–H groups in total. The normalized spacial score (nSPS) is 10.3. The van der Waals surface area contributed by atoms with Gasteiger partial charge in [-0.2, -0.15) is 0 Å². The van der Waals surface area contributed by atoms with Gasteiger partial charge in [-0.3, -0.25) is 9.59 Å². The molecule has 0 atom stereocenters. The molecule has 2 aromatic rings. The van der Waals surface area contributed by atoms with E-state index in [0.29, 0.717) is 18.7 Å². The van der Waals surface area contributed by atoms with Crippen molar-refractivity contribution in [3.05, 3.63) is 57.3 Å². The van der Waals surface area contributed by atoms with Crippen LogP contribution in [0.1, 0.15) is 33.3 Å². The molecule has 0 spiro atoms. The Morgan fingerprint density at radius 2 is 1.86 bits per heavy atom. The van der Waals surface area contributed by atoms with Gasteiger partial charge in [0.2, 0.25) is 5.91 Å². The molecule has 22 heavy (non-hydrogen) atoms. The number of carbonyl (C=O) groups is 2. The maximum atomic E-state index is 12.4. The number of rotatable bonds is 5. The van der Waals surface area contributed by atoms with Crippen LogP contribution >= 0.6 is 11.3 Å². The highest BCUT2D eigenvalue weighted by molar-refractivity contribution is 7.10. The third-order valence-corrected chi connectivity index (χ3v) is 4.45. The maximum Gasteiger partial charge on any atom is 0.253 e. The van der Waals surface area contributed by atoms with Crippen molar-refractivity contribution >= 4 is 23.2 Å². The van der Waals surface area contributed by atoms with Gasteiger partial charge in [-0.25, -0.2) is 0 Å². The second kappa shape index (κ2) is 7.22. The number of thiophene rings is 1. The summed E-state index contributed by atoms with van der Waals surface area (Å²) in [6.45, 7) is 4.64. The van der Waals surface area contributed by atoms with E-state index in [2.05, 4.69) is 18.3 Å². The predicted octanol–water partition coefficient (Wildman–Crippen LogP) is 2.96. The number of carbonyl (C=O) groups excluding carboxylic acids is 2. The van der Waals surface area contributed by atoms with Crippen molar-refractivity contribution in [2.24, 2.45) is 0 Å². The molecule has 0 radical (unpaired) electrons. The number of nitrogens with zero attached hydrogens (tertiary/aromatic N) is 1. The molecular formula is C17H20N2O2S. The molecule has 0 saturated carbocycles. The Labute approximate surface area is 134 Å². The molecule has 4 nitrogen and oxygen atoms in total. The van der Waals surface area contributed by atoms with Crippen LogP contribution in [0.15, 0.2) is 35.7 Å². The van der Waals surface area contributed by atoms with Crippen molar-refractivity contribution in [2.45, 2.75) is 26.9 Å². The Balaban J connectivity index is 1.99. The first-order chi connectivity index (χ1) is 10.5. The quantitative estimate of drug-likeness (QED) is 0.922. The monoisotopic (exact) mass is 316 g/mol. The molecule has 116 valence electrons. The van der Waals surface area contributed by atoms with Crippen molar-refractivity contribution in [3.8, 4) is 0 Å². The van der Waals surface area contributed by atoms with Crippen LogP contribution in [0.3, 0.4) is 0 Å². The lowest BCUT2D eigenvalue weighted by Crippen LogP contribution is -2.26. The zero-order valence-corrected chi connectivity index (χ0v) is 13.9. The summed E-state index contributed by atoms with van der Waals surface area (Å²) < 4.78 is 0.